The lowest BCUT2D eigenvalue weighted by Crippen LogP contribution is -2.63. The monoisotopic (exact) mass is 504 g/mol. The van der Waals surface area contributed by atoms with Crippen LogP contribution in [0.15, 0.2) is 79.0 Å². The van der Waals surface area contributed by atoms with E-state index in [1.165, 1.54) is 0 Å². The van der Waals surface area contributed by atoms with Crippen molar-refractivity contribution < 1.29 is 14.3 Å². The van der Waals surface area contributed by atoms with E-state index in [0.29, 0.717) is 25.1 Å². The Morgan fingerprint density at radius 2 is 1.66 bits per heavy atom. The number of piperazine rings is 1. The number of carbonyl (C=O) groups is 2. The molecule has 7 nitrogen and oxygen atoms in total. The highest BCUT2D eigenvalue weighted by molar-refractivity contribution is 5.98. The summed E-state index contributed by atoms with van der Waals surface area (Å²) in [6.07, 6.45) is 3.17. The van der Waals surface area contributed by atoms with Gasteiger partial charge in [0.1, 0.15) is 17.8 Å². The largest absolute Gasteiger partial charge is 0.496 e. The molecule has 2 aliphatic rings. The third-order valence-corrected chi connectivity index (χ3v) is 8.10. The zero-order valence-corrected chi connectivity index (χ0v) is 21.1. The fourth-order valence-corrected chi connectivity index (χ4v) is 6.32. The van der Waals surface area contributed by atoms with Gasteiger partial charge in [0.05, 0.1) is 13.7 Å². The van der Waals surface area contributed by atoms with Crippen molar-refractivity contribution in [2.24, 2.45) is 0 Å². The van der Waals surface area contributed by atoms with Crippen LogP contribution in [0.2, 0.25) is 0 Å². The third kappa shape index (κ3) is 3.42. The molecule has 2 amide bonds. The van der Waals surface area contributed by atoms with Gasteiger partial charge in [-0.15, -0.1) is 0 Å². The SMILES string of the molecule is COc1ccccc1[C@H]1c2[nH]c3ccccc3c2C[C@H]2C(=O)N(CCc3c[nH]c4ccccc34)CC(=O)N12. The lowest BCUT2D eigenvalue weighted by Gasteiger charge is -2.47. The molecule has 7 heteroatoms. The Morgan fingerprint density at radius 1 is 0.921 bits per heavy atom. The molecule has 2 aromatic heterocycles. The molecular weight excluding hydrogens is 476 g/mol. The number of amides is 2. The van der Waals surface area contributed by atoms with Crippen molar-refractivity contribution in [2.75, 3.05) is 20.2 Å². The molecule has 4 heterocycles. The molecule has 0 spiro atoms. The number of benzene rings is 3. The van der Waals surface area contributed by atoms with Crippen molar-refractivity contribution in [1.29, 1.82) is 0 Å². The molecule has 2 N–H and O–H groups in total. The highest BCUT2D eigenvalue weighted by Crippen LogP contribution is 2.44. The molecule has 2 atom stereocenters. The van der Waals surface area contributed by atoms with Crippen LogP contribution in [0.3, 0.4) is 0 Å². The maximum absolute atomic E-state index is 14.0. The van der Waals surface area contributed by atoms with Crippen molar-refractivity contribution in [3.8, 4) is 5.75 Å². The molecule has 7 rings (SSSR count). The number of para-hydroxylation sites is 3. The minimum Gasteiger partial charge on any atom is -0.496 e. The molecule has 0 aliphatic carbocycles. The lowest BCUT2D eigenvalue weighted by molar-refractivity contribution is -0.158. The first kappa shape index (κ1) is 22.7. The number of H-pyrrole nitrogens is 2. The number of methoxy groups -OCH3 is 1. The Hall–Kier alpha value is -4.52. The number of ether oxygens (including phenoxy) is 1. The first-order valence-corrected chi connectivity index (χ1v) is 13.0. The van der Waals surface area contributed by atoms with Crippen LogP contribution in [0, 0.1) is 0 Å². The van der Waals surface area contributed by atoms with Crippen LogP contribution in [0.5, 0.6) is 5.75 Å². The van der Waals surface area contributed by atoms with Crippen LogP contribution in [0.1, 0.15) is 28.4 Å². The molecule has 0 bridgehead atoms. The van der Waals surface area contributed by atoms with Gasteiger partial charge in [0.2, 0.25) is 11.8 Å². The number of rotatable bonds is 5. The summed E-state index contributed by atoms with van der Waals surface area (Å²) in [6, 6.07) is 23.1. The van der Waals surface area contributed by atoms with Gasteiger partial charge >= 0.3 is 0 Å². The van der Waals surface area contributed by atoms with E-state index in [9.17, 15) is 9.59 Å². The number of fused-ring (bicyclic) bond motifs is 5. The van der Waals surface area contributed by atoms with Gasteiger partial charge in [-0.05, 0) is 35.7 Å². The predicted molar refractivity (Wildman–Crippen MR) is 146 cm³/mol. The Labute approximate surface area is 220 Å². The normalized spacial score (nSPS) is 19.2. The van der Waals surface area contributed by atoms with Crippen molar-refractivity contribution in [2.45, 2.75) is 24.9 Å². The van der Waals surface area contributed by atoms with Gasteiger partial charge < -0.3 is 24.5 Å². The number of aromatic nitrogens is 2. The van der Waals surface area contributed by atoms with E-state index in [2.05, 4.69) is 22.1 Å². The molecule has 0 saturated carbocycles. The Balaban J connectivity index is 1.27. The second-order valence-electron chi connectivity index (χ2n) is 10.1. The number of aromatic amines is 2. The lowest BCUT2D eigenvalue weighted by atomic mass is 9.86. The smallest absolute Gasteiger partial charge is 0.246 e. The maximum atomic E-state index is 14.0. The Morgan fingerprint density at radius 3 is 2.50 bits per heavy atom. The van der Waals surface area contributed by atoms with Crippen LogP contribution in [0.25, 0.3) is 21.8 Å². The average molecular weight is 505 g/mol. The molecule has 1 saturated heterocycles. The minimum absolute atomic E-state index is 0.000250. The van der Waals surface area contributed by atoms with E-state index in [4.69, 9.17) is 4.74 Å². The summed E-state index contributed by atoms with van der Waals surface area (Å²) in [5.41, 5.74) is 6.17. The van der Waals surface area contributed by atoms with Gasteiger partial charge in [-0.2, -0.15) is 0 Å². The number of nitrogens with zero attached hydrogens (tertiary/aromatic N) is 2. The highest BCUT2D eigenvalue weighted by atomic mass is 16.5. The van der Waals surface area contributed by atoms with Crippen molar-refractivity contribution in [3.05, 3.63) is 101 Å². The summed E-state index contributed by atoms with van der Waals surface area (Å²) in [4.78, 5) is 38.3. The Bertz CT molecular complexity index is 1700. The van der Waals surface area contributed by atoms with E-state index in [1.54, 1.807) is 16.9 Å². The first-order chi connectivity index (χ1) is 18.6. The van der Waals surface area contributed by atoms with E-state index in [-0.39, 0.29) is 18.4 Å². The molecule has 2 aliphatic heterocycles. The summed E-state index contributed by atoms with van der Waals surface area (Å²) in [5, 5.41) is 2.25. The second-order valence-corrected chi connectivity index (χ2v) is 10.1. The van der Waals surface area contributed by atoms with Crippen molar-refractivity contribution in [3.63, 3.8) is 0 Å². The summed E-state index contributed by atoms with van der Waals surface area (Å²) < 4.78 is 5.72. The molecule has 190 valence electrons. The van der Waals surface area contributed by atoms with Crippen LogP contribution in [-0.2, 0) is 22.4 Å². The molecule has 1 fully saturated rings. The van der Waals surface area contributed by atoms with Crippen LogP contribution >= 0.6 is 0 Å². The third-order valence-electron chi connectivity index (χ3n) is 8.10. The molecular formula is C31H28N4O3. The van der Waals surface area contributed by atoms with Gasteiger partial charge in [-0.25, -0.2) is 0 Å². The van der Waals surface area contributed by atoms with Crippen LogP contribution < -0.4 is 4.74 Å². The molecule has 0 radical (unpaired) electrons. The minimum atomic E-state index is -0.569. The second kappa shape index (κ2) is 8.80. The van der Waals surface area contributed by atoms with E-state index in [0.717, 1.165) is 44.2 Å². The zero-order valence-electron chi connectivity index (χ0n) is 21.1. The zero-order chi connectivity index (χ0) is 25.8. The quantitative estimate of drug-likeness (QED) is 0.368. The number of hydrogen-bond donors (Lipinski definition) is 2. The number of carbonyl (C=O) groups excluding carboxylic acids is 2. The summed E-state index contributed by atoms with van der Waals surface area (Å²) in [6.45, 7) is 0.565. The fourth-order valence-electron chi connectivity index (χ4n) is 6.32. The predicted octanol–water partition coefficient (Wildman–Crippen LogP) is 4.59. The number of hydrogen-bond acceptors (Lipinski definition) is 3. The van der Waals surface area contributed by atoms with Crippen LogP contribution in [0.4, 0.5) is 0 Å². The average Bonchev–Trinajstić information content (AvgIpc) is 3.54. The maximum Gasteiger partial charge on any atom is 0.246 e. The van der Waals surface area contributed by atoms with E-state index < -0.39 is 12.1 Å². The van der Waals surface area contributed by atoms with Crippen molar-refractivity contribution in [1.82, 2.24) is 19.8 Å². The molecule has 0 unspecified atom stereocenters. The van der Waals surface area contributed by atoms with E-state index in [1.807, 2.05) is 66.9 Å². The van der Waals surface area contributed by atoms with Gasteiger partial charge in [0.25, 0.3) is 0 Å². The molecule has 38 heavy (non-hydrogen) atoms. The van der Waals surface area contributed by atoms with Gasteiger partial charge in [-0.3, -0.25) is 9.59 Å². The fraction of sp³-hybridized carbons (Fsp3) is 0.226. The van der Waals surface area contributed by atoms with Gasteiger partial charge in [0, 0.05) is 52.2 Å². The summed E-state index contributed by atoms with van der Waals surface area (Å²) in [5.74, 6) is 0.652. The first-order valence-electron chi connectivity index (χ1n) is 13.0. The highest BCUT2D eigenvalue weighted by Gasteiger charge is 2.48. The standard InChI is InChI=1S/C31H28N4O3/c1-38-27-13-7-4-10-22(27)30-29-23(21-9-3-6-12-25(21)33-29)16-26-31(37)34(18-28(36)35(26)30)15-14-19-17-32-24-11-5-2-8-20(19)24/h2-13,17,26,30,32-33H,14-16,18H2,1H3/t26-,30-/m0/s1. The summed E-state index contributed by atoms with van der Waals surface area (Å²) in [7, 11) is 1.64. The molecule has 5 aromatic rings. The Kier molecular flexibility index (Phi) is 5.25. The molecule has 3 aromatic carbocycles. The van der Waals surface area contributed by atoms with Crippen LogP contribution in [-0.4, -0.2) is 57.8 Å². The van der Waals surface area contributed by atoms with Gasteiger partial charge in [0.15, 0.2) is 0 Å². The van der Waals surface area contributed by atoms with E-state index >= 15 is 0 Å². The van der Waals surface area contributed by atoms with Gasteiger partial charge in [-0.1, -0.05) is 54.6 Å². The summed E-state index contributed by atoms with van der Waals surface area (Å²) >= 11 is 0. The topological polar surface area (TPSA) is 81.4 Å². The van der Waals surface area contributed by atoms with Crippen molar-refractivity contribution >= 4 is 33.6 Å². The number of nitrogens with one attached hydrogen (secondary N) is 2.